The standard InChI is InChI=1S/C24H24FN5O4S2/c1-36(34)18-12-16(25)6-5-15(18)11-17-13-26-22(35-17)20-21(32)23(33)30-10-9-29(24(30)27-20)14-19(31)28-7-3-2-4-8-28/h5-6,9-10,12-13,32H,2-4,7-8,11,14H2,1H3. The van der Waals surface area contributed by atoms with Crippen molar-refractivity contribution in [3.63, 3.8) is 0 Å². The molecule has 9 nitrogen and oxygen atoms in total. The maximum atomic E-state index is 13.6. The number of carbonyl (C=O) groups is 1. The molecular weight excluding hydrogens is 505 g/mol. The summed E-state index contributed by atoms with van der Waals surface area (Å²) in [5, 5.41) is 10.9. The summed E-state index contributed by atoms with van der Waals surface area (Å²) in [6.07, 6.45) is 9.59. The summed E-state index contributed by atoms with van der Waals surface area (Å²) in [6.45, 7) is 1.49. The molecule has 12 heteroatoms. The van der Waals surface area contributed by atoms with Crippen LogP contribution in [0.1, 0.15) is 29.7 Å². The number of rotatable bonds is 6. The Morgan fingerprint density at radius 3 is 2.75 bits per heavy atom. The predicted octanol–water partition coefficient (Wildman–Crippen LogP) is 2.80. The van der Waals surface area contributed by atoms with Crippen molar-refractivity contribution in [1.82, 2.24) is 23.8 Å². The van der Waals surface area contributed by atoms with Crippen molar-refractivity contribution in [1.29, 1.82) is 0 Å². The zero-order valence-electron chi connectivity index (χ0n) is 19.5. The zero-order chi connectivity index (χ0) is 25.4. The van der Waals surface area contributed by atoms with Crippen LogP contribution >= 0.6 is 11.3 Å². The minimum Gasteiger partial charge on any atom is -0.501 e. The van der Waals surface area contributed by atoms with Gasteiger partial charge in [-0.15, -0.1) is 11.3 Å². The number of nitrogens with zero attached hydrogens (tertiary/aromatic N) is 5. The van der Waals surface area contributed by atoms with E-state index in [0.29, 0.717) is 21.9 Å². The quantitative estimate of drug-likeness (QED) is 0.411. The van der Waals surface area contributed by atoms with E-state index >= 15 is 0 Å². The Kier molecular flexibility index (Phi) is 6.71. The highest BCUT2D eigenvalue weighted by Crippen LogP contribution is 2.31. The van der Waals surface area contributed by atoms with E-state index in [1.165, 1.54) is 40.3 Å². The average Bonchev–Trinajstić information content (AvgIpc) is 3.50. The highest BCUT2D eigenvalue weighted by atomic mass is 32.2. The van der Waals surface area contributed by atoms with Crippen molar-refractivity contribution in [2.75, 3.05) is 19.3 Å². The Morgan fingerprint density at radius 1 is 1.22 bits per heavy atom. The lowest BCUT2D eigenvalue weighted by atomic mass is 10.1. The van der Waals surface area contributed by atoms with E-state index in [1.807, 2.05) is 4.90 Å². The molecule has 188 valence electrons. The summed E-state index contributed by atoms with van der Waals surface area (Å²) >= 11 is 1.22. The molecule has 0 saturated carbocycles. The fourth-order valence-corrected chi connectivity index (χ4v) is 6.07. The van der Waals surface area contributed by atoms with E-state index < -0.39 is 27.9 Å². The molecule has 0 spiro atoms. The normalized spacial score (nSPS) is 14.9. The minimum absolute atomic E-state index is 0.0278. The van der Waals surface area contributed by atoms with Crippen molar-refractivity contribution in [2.45, 2.75) is 37.1 Å². The first kappa shape index (κ1) is 24.3. The maximum Gasteiger partial charge on any atom is 0.302 e. The van der Waals surface area contributed by atoms with E-state index in [9.17, 15) is 23.3 Å². The van der Waals surface area contributed by atoms with E-state index in [-0.39, 0.29) is 23.9 Å². The number of aromatic hydroxyl groups is 1. The Labute approximate surface area is 212 Å². The first-order valence-electron chi connectivity index (χ1n) is 11.5. The van der Waals surface area contributed by atoms with Crippen LogP contribution in [-0.2, 0) is 28.6 Å². The summed E-state index contributed by atoms with van der Waals surface area (Å²) in [4.78, 5) is 37.4. The summed E-state index contributed by atoms with van der Waals surface area (Å²) in [5.41, 5.74) is 0.0726. The zero-order valence-corrected chi connectivity index (χ0v) is 21.1. The summed E-state index contributed by atoms with van der Waals surface area (Å²) < 4.78 is 28.5. The average molecular weight is 530 g/mol. The Hall–Kier alpha value is -3.38. The van der Waals surface area contributed by atoms with Crippen LogP contribution in [0.2, 0.25) is 0 Å². The Morgan fingerprint density at radius 2 is 2.00 bits per heavy atom. The van der Waals surface area contributed by atoms with Gasteiger partial charge in [0.05, 0.1) is 10.8 Å². The number of aromatic nitrogens is 4. The summed E-state index contributed by atoms with van der Waals surface area (Å²) in [5.74, 6) is -0.807. The van der Waals surface area contributed by atoms with Crippen LogP contribution in [0, 0.1) is 5.82 Å². The number of fused-ring (bicyclic) bond motifs is 1. The van der Waals surface area contributed by atoms with Crippen molar-refractivity contribution >= 4 is 33.8 Å². The number of likely N-dealkylation sites (tertiary alicyclic amines) is 1. The molecule has 4 heterocycles. The van der Waals surface area contributed by atoms with Crippen LogP contribution in [0.25, 0.3) is 16.5 Å². The van der Waals surface area contributed by atoms with Gasteiger partial charge < -0.3 is 14.6 Å². The predicted molar refractivity (Wildman–Crippen MR) is 134 cm³/mol. The molecule has 1 atom stereocenters. The topological polar surface area (TPSA) is 110 Å². The minimum atomic E-state index is -1.37. The van der Waals surface area contributed by atoms with Gasteiger partial charge in [-0.05, 0) is 37.0 Å². The number of hydrogen-bond acceptors (Lipinski definition) is 7. The second kappa shape index (κ2) is 9.94. The van der Waals surface area contributed by atoms with E-state index in [0.717, 1.165) is 37.2 Å². The van der Waals surface area contributed by atoms with Gasteiger partial charge in [-0.3, -0.25) is 13.8 Å². The van der Waals surface area contributed by atoms with Crippen LogP contribution in [0.5, 0.6) is 5.75 Å². The lowest BCUT2D eigenvalue weighted by Gasteiger charge is -2.26. The van der Waals surface area contributed by atoms with Gasteiger partial charge in [-0.2, -0.15) is 0 Å². The molecule has 1 aliphatic rings. The maximum absolute atomic E-state index is 13.6. The van der Waals surface area contributed by atoms with Gasteiger partial charge in [0.1, 0.15) is 17.4 Å². The number of benzene rings is 1. The van der Waals surface area contributed by atoms with Gasteiger partial charge >= 0.3 is 5.56 Å². The molecule has 1 fully saturated rings. The van der Waals surface area contributed by atoms with Crippen LogP contribution in [0.3, 0.4) is 0 Å². The van der Waals surface area contributed by atoms with Gasteiger partial charge in [-0.25, -0.2) is 18.8 Å². The van der Waals surface area contributed by atoms with Crippen molar-refractivity contribution in [2.24, 2.45) is 0 Å². The molecule has 0 aliphatic carbocycles. The molecule has 36 heavy (non-hydrogen) atoms. The molecule has 3 aromatic heterocycles. The molecule has 1 saturated heterocycles. The van der Waals surface area contributed by atoms with Crippen LogP contribution in [0.4, 0.5) is 4.39 Å². The smallest absolute Gasteiger partial charge is 0.302 e. The number of carbonyl (C=O) groups excluding carboxylic acids is 1. The summed E-state index contributed by atoms with van der Waals surface area (Å²) in [6, 6.07) is 4.16. The van der Waals surface area contributed by atoms with Gasteiger partial charge in [0.2, 0.25) is 17.4 Å². The number of amides is 1. The monoisotopic (exact) mass is 529 g/mol. The van der Waals surface area contributed by atoms with Gasteiger partial charge in [-0.1, -0.05) is 6.07 Å². The number of thiazole rings is 1. The fourth-order valence-electron chi connectivity index (χ4n) is 4.35. The van der Waals surface area contributed by atoms with E-state index in [4.69, 9.17) is 0 Å². The van der Waals surface area contributed by atoms with Crippen LogP contribution in [-0.4, -0.2) is 58.4 Å². The molecule has 4 aromatic rings. The largest absolute Gasteiger partial charge is 0.501 e. The van der Waals surface area contributed by atoms with E-state index in [1.54, 1.807) is 23.0 Å². The molecule has 1 N–H and O–H groups in total. The van der Waals surface area contributed by atoms with E-state index in [2.05, 4.69) is 9.97 Å². The fraction of sp³-hybridized carbons (Fsp3) is 0.333. The molecule has 1 amide bonds. The first-order chi connectivity index (χ1) is 17.3. The molecule has 1 aromatic carbocycles. The second-order valence-electron chi connectivity index (χ2n) is 8.67. The SMILES string of the molecule is CS(=O)c1cc(F)ccc1Cc1cnc(-c2nc3n(CC(=O)N4CCCCC4)ccn3c(=O)c2O)s1. The van der Waals surface area contributed by atoms with Gasteiger partial charge in [0.15, 0.2) is 5.69 Å². The third kappa shape index (κ3) is 4.70. The highest BCUT2D eigenvalue weighted by Gasteiger charge is 2.22. The summed E-state index contributed by atoms with van der Waals surface area (Å²) in [7, 11) is -1.37. The van der Waals surface area contributed by atoms with Crippen LogP contribution < -0.4 is 5.56 Å². The molecule has 1 aliphatic heterocycles. The van der Waals surface area contributed by atoms with Crippen molar-refractivity contribution < 1.29 is 18.5 Å². The van der Waals surface area contributed by atoms with Gasteiger partial charge in [0.25, 0.3) is 0 Å². The number of hydrogen-bond donors (Lipinski definition) is 1. The Bertz CT molecular complexity index is 1540. The third-order valence-electron chi connectivity index (χ3n) is 6.20. The van der Waals surface area contributed by atoms with Gasteiger partial charge in [0, 0.05) is 54.1 Å². The molecular formula is C24H24FN5O4S2. The molecule has 0 bridgehead atoms. The molecule has 5 rings (SSSR count). The number of imidazole rings is 1. The number of halogens is 1. The third-order valence-corrected chi connectivity index (χ3v) is 8.20. The molecule has 1 unspecified atom stereocenters. The van der Waals surface area contributed by atoms with Crippen molar-refractivity contribution in [3.8, 4) is 16.5 Å². The number of piperidine rings is 1. The highest BCUT2D eigenvalue weighted by molar-refractivity contribution is 7.84. The lowest BCUT2D eigenvalue weighted by molar-refractivity contribution is -0.132. The molecule has 0 radical (unpaired) electrons. The second-order valence-corrected chi connectivity index (χ2v) is 11.1. The Balaban J connectivity index is 1.46. The lowest BCUT2D eigenvalue weighted by Crippen LogP contribution is -2.37. The first-order valence-corrected chi connectivity index (χ1v) is 13.8. The van der Waals surface area contributed by atoms with Crippen LogP contribution in [0.15, 0.2) is 46.5 Å². The van der Waals surface area contributed by atoms with Crippen molar-refractivity contribution in [3.05, 3.63) is 63.4 Å².